The number of ether oxygens (including phenoxy) is 3. The van der Waals surface area contributed by atoms with Gasteiger partial charge in [0.2, 0.25) is 5.95 Å². The van der Waals surface area contributed by atoms with Crippen molar-refractivity contribution < 1.29 is 14.2 Å². The van der Waals surface area contributed by atoms with E-state index in [1.165, 1.54) is 0 Å². The average molecular weight is 467 g/mol. The van der Waals surface area contributed by atoms with Crippen LogP contribution in [0.1, 0.15) is 18.0 Å². The van der Waals surface area contributed by atoms with Crippen molar-refractivity contribution in [3.8, 4) is 17.2 Å². The summed E-state index contributed by atoms with van der Waals surface area (Å²) < 4.78 is 16.6. The second-order valence-corrected chi connectivity index (χ2v) is 8.38. The van der Waals surface area contributed by atoms with E-state index < -0.39 is 0 Å². The Bertz CT molecular complexity index is 1120. The first kappa shape index (κ1) is 23.8. The van der Waals surface area contributed by atoms with E-state index in [1.807, 2.05) is 37.4 Å². The summed E-state index contributed by atoms with van der Waals surface area (Å²) in [6, 6.07) is 11.8. The van der Waals surface area contributed by atoms with E-state index in [1.54, 1.807) is 21.3 Å². The molecule has 9 nitrogen and oxygen atoms in total. The van der Waals surface area contributed by atoms with Crippen molar-refractivity contribution in [2.45, 2.75) is 12.5 Å². The fourth-order valence-electron chi connectivity index (χ4n) is 4.50. The average Bonchev–Trinajstić information content (AvgIpc) is 2.88. The second kappa shape index (κ2) is 10.8. The monoisotopic (exact) mass is 466 g/mol. The number of fused-ring (bicyclic) bond motifs is 1. The van der Waals surface area contributed by atoms with E-state index >= 15 is 0 Å². The highest BCUT2D eigenvalue weighted by molar-refractivity contribution is 5.91. The number of rotatable bonds is 9. The van der Waals surface area contributed by atoms with Gasteiger partial charge in [0, 0.05) is 56.8 Å². The molecule has 1 unspecified atom stereocenters. The lowest BCUT2D eigenvalue weighted by molar-refractivity contribution is 0.231. The summed E-state index contributed by atoms with van der Waals surface area (Å²) >= 11 is 0. The number of hydrogen-bond donors (Lipinski definition) is 2. The molecule has 9 heteroatoms. The van der Waals surface area contributed by atoms with Gasteiger partial charge in [-0.15, -0.1) is 0 Å². The minimum Gasteiger partial charge on any atom is -0.496 e. The van der Waals surface area contributed by atoms with Crippen molar-refractivity contribution in [3.05, 3.63) is 42.0 Å². The predicted octanol–water partition coefficient (Wildman–Crippen LogP) is 2.71. The lowest BCUT2D eigenvalue weighted by Gasteiger charge is -2.33. The zero-order chi connectivity index (χ0) is 24.1. The van der Waals surface area contributed by atoms with Crippen LogP contribution < -0.4 is 30.2 Å². The predicted molar refractivity (Wildman–Crippen MR) is 135 cm³/mol. The number of nitrogens with two attached hydrogens (primary N) is 1. The van der Waals surface area contributed by atoms with Crippen LogP contribution in [0.2, 0.25) is 0 Å². The summed E-state index contributed by atoms with van der Waals surface area (Å²) in [7, 11) is 6.92. The van der Waals surface area contributed by atoms with Crippen LogP contribution in [-0.2, 0) is 0 Å². The van der Waals surface area contributed by atoms with Gasteiger partial charge in [0.05, 0.1) is 32.9 Å². The number of piperazine rings is 1. The summed E-state index contributed by atoms with van der Waals surface area (Å²) in [4.78, 5) is 14.1. The standard InChI is InChI=1S/C25H34N6O3/c1-30(25-28-19-16-23(34-4)22(33-3)15-18(19)24(26)29-25)20(9-12-31-13-10-27-11-14-31)17-7-5-6-8-21(17)32-2/h5-8,15-16,20,27H,9-14H2,1-4H3,(H2,26,28,29). The molecule has 0 amide bonds. The Morgan fingerprint density at radius 1 is 1.00 bits per heavy atom. The molecule has 1 saturated heterocycles. The minimum absolute atomic E-state index is 0.00281. The van der Waals surface area contributed by atoms with Gasteiger partial charge in [-0.05, 0) is 18.6 Å². The van der Waals surface area contributed by atoms with Gasteiger partial charge in [0.15, 0.2) is 11.5 Å². The maximum Gasteiger partial charge on any atom is 0.228 e. The third-order valence-corrected chi connectivity index (χ3v) is 6.43. The van der Waals surface area contributed by atoms with Crippen LogP contribution in [0.15, 0.2) is 36.4 Å². The SMILES string of the molecule is COc1cc2nc(N(C)C(CCN3CCNCC3)c3ccccc3OC)nc(N)c2cc1OC. The van der Waals surface area contributed by atoms with E-state index in [2.05, 4.69) is 26.2 Å². The fraction of sp³-hybridized carbons (Fsp3) is 0.440. The molecule has 4 rings (SSSR count). The molecule has 1 fully saturated rings. The summed E-state index contributed by atoms with van der Waals surface area (Å²) in [6.07, 6.45) is 0.893. The largest absolute Gasteiger partial charge is 0.496 e. The summed E-state index contributed by atoms with van der Waals surface area (Å²) in [5, 5.41) is 4.14. The Labute approximate surface area is 200 Å². The van der Waals surface area contributed by atoms with Crippen molar-refractivity contribution in [2.24, 2.45) is 0 Å². The van der Waals surface area contributed by atoms with E-state index in [0.29, 0.717) is 28.8 Å². The van der Waals surface area contributed by atoms with Crippen molar-refractivity contribution >= 4 is 22.7 Å². The molecule has 0 radical (unpaired) electrons. The molecule has 3 aromatic rings. The van der Waals surface area contributed by atoms with Crippen LogP contribution in [0.3, 0.4) is 0 Å². The first-order valence-corrected chi connectivity index (χ1v) is 11.5. The number of aromatic nitrogens is 2. The zero-order valence-corrected chi connectivity index (χ0v) is 20.4. The molecule has 3 N–H and O–H groups in total. The Morgan fingerprint density at radius 2 is 1.68 bits per heavy atom. The van der Waals surface area contributed by atoms with Gasteiger partial charge in [0.25, 0.3) is 0 Å². The van der Waals surface area contributed by atoms with Gasteiger partial charge in [-0.3, -0.25) is 0 Å². The van der Waals surface area contributed by atoms with E-state index in [9.17, 15) is 0 Å². The molecule has 0 saturated carbocycles. The van der Waals surface area contributed by atoms with Crippen molar-refractivity contribution in [1.29, 1.82) is 0 Å². The lowest BCUT2D eigenvalue weighted by Crippen LogP contribution is -2.44. The molecule has 2 aromatic carbocycles. The van der Waals surface area contributed by atoms with Crippen LogP contribution in [0.4, 0.5) is 11.8 Å². The Hall–Kier alpha value is -3.30. The molecule has 182 valence electrons. The molecule has 1 aromatic heterocycles. The molecule has 1 aliphatic heterocycles. The number of benzene rings is 2. The van der Waals surface area contributed by atoms with Gasteiger partial charge in [-0.1, -0.05) is 18.2 Å². The molecular weight excluding hydrogens is 432 g/mol. The first-order chi connectivity index (χ1) is 16.5. The van der Waals surface area contributed by atoms with Gasteiger partial charge in [-0.2, -0.15) is 4.98 Å². The van der Waals surface area contributed by atoms with Crippen LogP contribution in [-0.4, -0.2) is 76.0 Å². The zero-order valence-electron chi connectivity index (χ0n) is 20.4. The maximum absolute atomic E-state index is 6.38. The van der Waals surface area contributed by atoms with Crippen molar-refractivity contribution in [1.82, 2.24) is 20.2 Å². The topological polar surface area (TPSA) is 98.0 Å². The third-order valence-electron chi connectivity index (χ3n) is 6.43. The molecular formula is C25H34N6O3. The smallest absolute Gasteiger partial charge is 0.228 e. The van der Waals surface area contributed by atoms with Gasteiger partial charge in [0.1, 0.15) is 11.6 Å². The van der Waals surface area contributed by atoms with E-state index in [4.69, 9.17) is 24.9 Å². The summed E-state index contributed by atoms with van der Waals surface area (Å²) in [6.45, 7) is 5.09. The van der Waals surface area contributed by atoms with Gasteiger partial charge < -0.3 is 35.1 Å². The van der Waals surface area contributed by atoms with Crippen molar-refractivity contribution in [2.75, 3.05) is 71.7 Å². The summed E-state index contributed by atoms with van der Waals surface area (Å²) in [5.74, 6) is 2.98. The number of methoxy groups -OCH3 is 3. The highest BCUT2D eigenvalue weighted by Crippen LogP contribution is 2.37. The van der Waals surface area contributed by atoms with E-state index in [0.717, 1.165) is 55.8 Å². The van der Waals surface area contributed by atoms with E-state index in [-0.39, 0.29) is 6.04 Å². The number of para-hydroxylation sites is 1. The number of hydrogen-bond acceptors (Lipinski definition) is 9. The Morgan fingerprint density at radius 3 is 2.38 bits per heavy atom. The molecule has 1 aliphatic rings. The fourth-order valence-corrected chi connectivity index (χ4v) is 4.50. The van der Waals surface area contributed by atoms with Crippen LogP contribution in [0.25, 0.3) is 10.9 Å². The minimum atomic E-state index is 0.00281. The Kier molecular flexibility index (Phi) is 7.54. The molecule has 2 heterocycles. The highest BCUT2D eigenvalue weighted by atomic mass is 16.5. The lowest BCUT2D eigenvalue weighted by atomic mass is 10.0. The molecule has 1 atom stereocenters. The quantitative estimate of drug-likeness (QED) is 0.493. The normalized spacial score (nSPS) is 15.2. The van der Waals surface area contributed by atoms with Crippen molar-refractivity contribution in [3.63, 3.8) is 0 Å². The van der Waals surface area contributed by atoms with Crippen LogP contribution in [0.5, 0.6) is 17.2 Å². The van der Waals surface area contributed by atoms with Crippen LogP contribution >= 0.6 is 0 Å². The highest BCUT2D eigenvalue weighted by Gasteiger charge is 2.25. The molecule has 0 bridgehead atoms. The van der Waals surface area contributed by atoms with Crippen LogP contribution in [0, 0.1) is 0 Å². The number of anilines is 2. The number of nitrogens with one attached hydrogen (secondary N) is 1. The maximum atomic E-state index is 6.38. The second-order valence-electron chi connectivity index (χ2n) is 8.38. The Balaban J connectivity index is 1.71. The summed E-state index contributed by atoms with van der Waals surface area (Å²) in [5.41, 5.74) is 8.18. The van der Waals surface area contributed by atoms with Gasteiger partial charge in [-0.25, -0.2) is 4.98 Å². The molecule has 0 aliphatic carbocycles. The molecule has 0 spiro atoms. The van der Waals surface area contributed by atoms with Gasteiger partial charge >= 0.3 is 0 Å². The number of nitrogen functional groups attached to an aromatic ring is 1. The molecule has 34 heavy (non-hydrogen) atoms. The number of nitrogens with zero attached hydrogens (tertiary/aromatic N) is 4. The first-order valence-electron chi connectivity index (χ1n) is 11.5. The third kappa shape index (κ3) is 4.95.